The number of hydrogen-bond donors (Lipinski definition) is 1. The summed E-state index contributed by atoms with van der Waals surface area (Å²) in [6, 6.07) is 4.76. The van der Waals surface area contributed by atoms with E-state index in [1.807, 2.05) is 11.8 Å². The van der Waals surface area contributed by atoms with E-state index in [2.05, 4.69) is 5.32 Å². The van der Waals surface area contributed by atoms with Gasteiger partial charge in [-0.05, 0) is 26.0 Å². The maximum atomic E-state index is 11.7. The number of rotatable bonds is 4. The minimum Gasteiger partial charge on any atom is -0.462 e. The van der Waals surface area contributed by atoms with Gasteiger partial charge in [0.15, 0.2) is 0 Å². The quantitative estimate of drug-likeness (QED) is 0.515. The van der Waals surface area contributed by atoms with E-state index in [4.69, 9.17) is 4.74 Å². The normalized spacial score (nSPS) is 18.4. The largest absolute Gasteiger partial charge is 0.462 e. The van der Waals surface area contributed by atoms with Gasteiger partial charge in [-0.3, -0.25) is 10.1 Å². The summed E-state index contributed by atoms with van der Waals surface area (Å²) in [5.74, 6) is -0.541. The molecule has 0 spiro atoms. The number of hydrogen-bond acceptors (Lipinski definition) is 6. The van der Waals surface area contributed by atoms with Crippen molar-refractivity contribution >= 4 is 17.3 Å². The molecular weight excluding hydrogens is 274 g/mol. The van der Waals surface area contributed by atoms with Gasteiger partial charge in [-0.25, -0.2) is 4.79 Å². The Kier molecular flexibility index (Phi) is 4.74. The summed E-state index contributed by atoms with van der Waals surface area (Å²) < 4.78 is 4.88. The van der Waals surface area contributed by atoms with Crippen molar-refractivity contribution in [3.8, 4) is 0 Å². The molecular formula is C14H19N3O4. The second-order valence-corrected chi connectivity index (χ2v) is 4.98. The molecule has 1 aromatic carbocycles. The minimum atomic E-state index is -0.541. The Morgan fingerprint density at radius 1 is 1.57 bits per heavy atom. The predicted molar refractivity (Wildman–Crippen MR) is 78.7 cm³/mol. The van der Waals surface area contributed by atoms with Crippen molar-refractivity contribution in [2.75, 3.05) is 31.1 Å². The van der Waals surface area contributed by atoms with Crippen LogP contribution < -0.4 is 10.2 Å². The lowest BCUT2D eigenvalue weighted by Crippen LogP contribution is -2.49. The number of ether oxygens (including phenoxy) is 1. The van der Waals surface area contributed by atoms with Crippen LogP contribution in [0.1, 0.15) is 24.2 Å². The van der Waals surface area contributed by atoms with Crippen molar-refractivity contribution < 1.29 is 14.5 Å². The second-order valence-electron chi connectivity index (χ2n) is 4.98. The number of carbonyl (C=O) groups excluding carboxylic acids is 1. The van der Waals surface area contributed by atoms with Gasteiger partial charge >= 0.3 is 5.97 Å². The summed E-state index contributed by atoms with van der Waals surface area (Å²) in [6.07, 6.45) is 0. The molecule has 7 nitrogen and oxygen atoms in total. The van der Waals surface area contributed by atoms with E-state index < -0.39 is 10.9 Å². The molecule has 1 fully saturated rings. The van der Waals surface area contributed by atoms with Gasteiger partial charge in [0.2, 0.25) is 0 Å². The Labute approximate surface area is 123 Å². The van der Waals surface area contributed by atoms with Gasteiger partial charge in [0.05, 0.1) is 17.1 Å². The highest BCUT2D eigenvalue weighted by Crippen LogP contribution is 2.30. The third-order valence-corrected chi connectivity index (χ3v) is 3.39. The van der Waals surface area contributed by atoms with Crippen molar-refractivity contribution in [2.45, 2.75) is 19.9 Å². The lowest BCUT2D eigenvalue weighted by molar-refractivity contribution is -0.384. The van der Waals surface area contributed by atoms with Crippen molar-refractivity contribution in [1.82, 2.24) is 5.32 Å². The van der Waals surface area contributed by atoms with Gasteiger partial charge in [-0.15, -0.1) is 0 Å². The second kappa shape index (κ2) is 6.53. The fourth-order valence-electron chi connectivity index (χ4n) is 2.43. The molecule has 1 heterocycles. The zero-order valence-corrected chi connectivity index (χ0v) is 12.2. The Hall–Kier alpha value is -2.15. The van der Waals surface area contributed by atoms with Gasteiger partial charge in [-0.2, -0.15) is 0 Å². The smallest absolute Gasteiger partial charge is 0.338 e. The lowest BCUT2D eigenvalue weighted by atomic mass is 10.1. The molecule has 7 heteroatoms. The molecule has 0 radical (unpaired) electrons. The SMILES string of the molecule is CCOC(=O)c1ccc(N2CCNC(C)C2)c([N+](=O)[O-])c1. The molecule has 1 aliphatic heterocycles. The standard InChI is InChI=1S/C14H19N3O4/c1-3-21-14(18)11-4-5-12(13(8-11)17(19)20)16-7-6-15-10(2)9-16/h4-5,8,10,15H,3,6-7,9H2,1-2H3. The summed E-state index contributed by atoms with van der Waals surface area (Å²) in [5.41, 5.74) is 0.687. The highest BCUT2D eigenvalue weighted by atomic mass is 16.6. The van der Waals surface area contributed by atoms with Crippen LogP contribution in [0.4, 0.5) is 11.4 Å². The fraction of sp³-hybridized carbons (Fsp3) is 0.500. The van der Waals surface area contributed by atoms with Gasteiger partial charge in [0, 0.05) is 31.7 Å². The van der Waals surface area contributed by atoms with Crippen molar-refractivity contribution in [3.63, 3.8) is 0 Å². The summed E-state index contributed by atoms with van der Waals surface area (Å²) in [4.78, 5) is 24.5. The van der Waals surface area contributed by atoms with Crippen LogP contribution in [0.5, 0.6) is 0 Å². The number of carbonyl (C=O) groups is 1. The highest BCUT2D eigenvalue weighted by molar-refractivity contribution is 5.91. The Balaban J connectivity index is 2.33. The number of benzene rings is 1. The summed E-state index contributed by atoms with van der Waals surface area (Å²) >= 11 is 0. The molecule has 0 aliphatic carbocycles. The van der Waals surface area contributed by atoms with Crippen LogP contribution in [0, 0.1) is 10.1 Å². The number of piperazine rings is 1. The fourth-order valence-corrected chi connectivity index (χ4v) is 2.43. The number of nitrogens with one attached hydrogen (secondary N) is 1. The molecule has 1 N–H and O–H groups in total. The molecule has 1 aromatic rings. The average Bonchev–Trinajstić information content (AvgIpc) is 2.46. The predicted octanol–water partition coefficient (Wildman–Crippen LogP) is 1.57. The molecule has 1 atom stereocenters. The van der Waals surface area contributed by atoms with Crippen molar-refractivity contribution in [1.29, 1.82) is 0 Å². The van der Waals surface area contributed by atoms with Gasteiger partial charge < -0.3 is 15.0 Å². The first-order valence-electron chi connectivity index (χ1n) is 6.96. The number of nitrogens with zero attached hydrogens (tertiary/aromatic N) is 2. The first-order chi connectivity index (χ1) is 10.0. The zero-order valence-electron chi connectivity index (χ0n) is 12.2. The first kappa shape index (κ1) is 15.2. The van der Waals surface area contributed by atoms with Gasteiger partial charge in [0.1, 0.15) is 5.69 Å². The summed E-state index contributed by atoms with van der Waals surface area (Å²) in [5, 5.41) is 14.6. The molecule has 2 rings (SSSR count). The summed E-state index contributed by atoms with van der Waals surface area (Å²) in [6.45, 7) is 6.14. The van der Waals surface area contributed by atoms with E-state index >= 15 is 0 Å². The monoisotopic (exact) mass is 293 g/mol. The van der Waals surface area contributed by atoms with E-state index in [9.17, 15) is 14.9 Å². The molecule has 0 saturated carbocycles. The van der Waals surface area contributed by atoms with E-state index in [0.717, 1.165) is 6.54 Å². The Bertz CT molecular complexity index is 547. The van der Waals surface area contributed by atoms with E-state index in [1.54, 1.807) is 19.1 Å². The van der Waals surface area contributed by atoms with Crippen LogP contribution in [-0.4, -0.2) is 43.2 Å². The first-order valence-corrected chi connectivity index (χ1v) is 6.96. The molecule has 21 heavy (non-hydrogen) atoms. The molecule has 0 amide bonds. The van der Waals surface area contributed by atoms with Crippen LogP contribution in [0.3, 0.4) is 0 Å². The van der Waals surface area contributed by atoms with E-state index in [1.165, 1.54) is 6.07 Å². The van der Waals surface area contributed by atoms with Crippen molar-refractivity contribution in [3.05, 3.63) is 33.9 Å². The lowest BCUT2D eigenvalue weighted by Gasteiger charge is -2.33. The van der Waals surface area contributed by atoms with Gasteiger partial charge in [0.25, 0.3) is 5.69 Å². The number of esters is 1. The summed E-state index contributed by atoms with van der Waals surface area (Å²) in [7, 11) is 0. The van der Waals surface area contributed by atoms with Crippen LogP contribution in [-0.2, 0) is 4.74 Å². The number of nitro benzene ring substituents is 1. The maximum Gasteiger partial charge on any atom is 0.338 e. The van der Waals surface area contributed by atoms with Crippen LogP contribution in [0.15, 0.2) is 18.2 Å². The minimum absolute atomic E-state index is 0.0605. The zero-order chi connectivity index (χ0) is 15.4. The van der Waals surface area contributed by atoms with Crippen LogP contribution in [0.2, 0.25) is 0 Å². The Morgan fingerprint density at radius 2 is 2.33 bits per heavy atom. The number of anilines is 1. The topological polar surface area (TPSA) is 84.7 Å². The maximum absolute atomic E-state index is 11.7. The molecule has 0 aromatic heterocycles. The molecule has 114 valence electrons. The average molecular weight is 293 g/mol. The Morgan fingerprint density at radius 3 is 2.95 bits per heavy atom. The molecule has 0 bridgehead atoms. The van der Waals surface area contributed by atoms with Crippen LogP contribution >= 0.6 is 0 Å². The third-order valence-electron chi connectivity index (χ3n) is 3.39. The molecule has 1 saturated heterocycles. The molecule has 1 aliphatic rings. The number of nitro groups is 1. The van der Waals surface area contributed by atoms with E-state index in [-0.39, 0.29) is 23.9 Å². The van der Waals surface area contributed by atoms with Crippen LogP contribution in [0.25, 0.3) is 0 Å². The third kappa shape index (κ3) is 3.49. The van der Waals surface area contributed by atoms with Crippen molar-refractivity contribution in [2.24, 2.45) is 0 Å². The highest BCUT2D eigenvalue weighted by Gasteiger charge is 2.25. The molecule has 1 unspecified atom stereocenters. The van der Waals surface area contributed by atoms with E-state index in [0.29, 0.717) is 18.8 Å². The van der Waals surface area contributed by atoms with Gasteiger partial charge in [-0.1, -0.05) is 0 Å².